The number of likely N-dealkylation sites (tertiary alicyclic amines) is 1. The van der Waals surface area contributed by atoms with Gasteiger partial charge in [0, 0.05) is 24.7 Å². The van der Waals surface area contributed by atoms with Gasteiger partial charge in [-0.3, -0.25) is 4.79 Å². The first-order valence-electron chi connectivity index (χ1n) is 6.92. The van der Waals surface area contributed by atoms with Gasteiger partial charge < -0.3 is 14.1 Å². The van der Waals surface area contributed by atoms with Crippen LogP contribution in [0.2, 0.25) is 0 Å². The fraction of sp³-hybridized carbons (Fsp3) is 0.400. The minimum atomic E-state index is -0.0328. The number of amides is 1. The molecule has 0 saturated carbocycles. The number of ether oxygens (including phenoxy) is 1. The van der Waals surface area contributed by atoms with Crippen molar-refractivity contribution < 1.29 is 13.9 Å². The fourth-order valence-electron chi connectivity index (χ4n) is 2.49. The van der Waals surface area contributed by atoms with E-state index >= 15 is 0 Å². The molecule has 0 bridgehead atoms. The zero-order valence-corrected chi connectivity index (χ0v) is 12.1. The Morgan fingerprint density at radius 3 is 3.00 bits per heavy atom. The summed E-state index contributed by atoms with van der Waals surface area (Å²) in [5.74, 6) is 1.24. The lowest BCUT2D eigenvalue weighted by Crippen LogP contribution is -2.30. The van der Waals surface area contributed by atoms with Gasteiger partial charge in [-0.2, -0.15) is 4.98 Å². The second kappa shape index (κ2) is 5.55. The van der Waals surface area contributed by atoms with Crippen molar-refractivity contribution >= 4 is 5.91 Å². The van der Waals surface area contributed by atoms with Gasteiger partial charge >= 0.3 is 0 Å². The summed E-state index contributed by atoms with van der Waals surface area (Å²) in [6.45, 7) is 4.98. The van der Waals surface area contributed by atoms with Crippen LogP contribution in [0, 0.1) is 13.8 Å². The second-order valence-corrected chi connectivity index (χ2v) is 5.19. The van der Waals surface area contributed by atoms with Crippen LogP contribution in [-0.2, 0) is 0 Å². The predicted molar refractivity (Wildman–Crippen MR) is 75.2 cm³/mol. The molecule has 1 fully saturated rings. The zero-order chi connectivity index (χ0) is 14.8. The first-order chi connectivity index (χ1) is 10.1. The molecule has 2 aromatic rings. The Hall–Kier alpha value is -2.37. The quantitative estimate of drug-likeness (QED) is 0.863. The molecule has 2 aromatic heterocycles. The molecule has 1 unspecified atom stereocenters. The third-order valence-electron chi connectivity index (χ3n) is 3.43. The monoisotopic (exact) mass is 287 g/mol. The lowest BCUT2D eigenvalue weighted by molar-refractivity contribution is 0.0770. The van der Waals surface area contributed by atoms with Crippen LogP contribution >= 0.6 is 0 Å². The predicted octanol–water partition coefficient (Wildman–Crippen LogP) is 1.98. The highest BCUT2D eigenvalue weighted by molar-refractivity contribution is 5.94. The molecule has 1 aliphatic heterocycles. The van der Waals surface area contributed by atoms with E-state index in [1.165, 1.54) is 12.5 Å². The van der Waals surface area contributed by atoms with Gasteiger partial charge in [-0.1, -0.05) is 0 Å². The van der Waals surface area contributed by atoms with Gasteiger partial charge in [-0.05, 0) is 19.9 Å². The van der Waals surface area contributed by atoms with E-state index in [1.807, 2.05) is 19.9 Å². The number of hydrogen-bond donors (Lipinski definition) is 0. The summed E-state index contributed by atoms with van der Waals surface area (Å²) < 4.78 is 10.8. The first-order valence-corrected chi connectivity index (χ1v) is 6.92. The largest absolute Gasteiger partial charge is 0.472 e. The van der Waals surface area contributed by atoms with E-state index in [0.29, 0.717) is 30.4 Å². The Balaban J connectivity index is 1.63. The number of aromatic nitrogens is 2. The van der Waals surface area contributed by atoms with Crippen molar-refractivity contribution in [1.82, 2.24) is 14.9 Å². The SMILES string of the molecule is Cc1cc(OC2CCN(C(=O)c3ccoc3)C2)nc(C)n1. The van der Waals surface area contributed by atoms with Crippen LogP contribution in [0.25, 0.3) is 0 Å². The minimum absolute atomic E-state index is 0.0232. The summed E-state index contributed by atoms with van der Waals surface area (Å²) in [6, 6.07) is 3.49. The highest BCUT2D eigenvalue weighted by atomic mass is 16.5. The van der Waals surface area contributed by atoms with Crippen LogP contribution in [0.4, 0.5) is 0 Å². The highest BCUT2D eigenvalue weighted by Gasteiger charge is 2.29. The maximum Gasteiger partial charge on any atom is 0.257 e. The Bertz CT molecular complexity index is 619. The summed E-state index contributed by atoms with van der Waals surface area (Å²) in [4.78, 5) is 22.5. The molecular formula is C15H17N3O3. The Labute approximate surface area is 122 Å². The summed E-state index contributed by atoms with van der Waals surface area (Å²) >= 11 is 0. The Kier molecular flexibility index (Phi) is 3.60. The number of rotatable bonds is 3. The van der Waals surface area contributed by atoms with E-state index in [9.17, 15) is 4.79 Å². The van der Waals surface area contributed by atoms with Crippen LogP contribution in [-0.4, -0.2) is 40.0 Å². The Morgan fingerprint density at radius 2 is 2.29 bits per heavy atom. The van der Waals surface area contributed by atoms with E-state index in [4.69, 9.17) is 9.15 Å². The molecule has 0 aromatic carbocycles. The van der Waals surface area contributed by atoms with E-state index in [0.717, 1.165) is 12.1 Å². The minimum Gasteiger partial charge on any atom is -0.472 e. The van der Waals surface area contributed by atoms with E-state index < -0.39 is 0 Å². The molecule has 110 valence electrons. The molecule has 1 atom stereocenters. The molecule has 0 aliphatic carbocycles. The normalized spacial score (nSPS) is 18.0. The molecule has 3 rings (SSSR count). The molecular weight excluding hydrogens is 270 g/mol. The summed E-state index contributed by atoms with van der Waals surface area (Å²) in [5, 5.41) is 0. The first kappa shape index (κ1) is 13.6. The molecule has 0 N–H and O–H groups in total. The number of carbonyl (C=O) groups excluding carboxylic acids is 1. The van der Waals surface area contributed by atoms with E-state index in [1.54, 1.807) is 11.0 Å². The van der Waals surface area contributed by atoms with Gasteiger partial charge in [-0.15, -0.1) is 0 Å². The third kappa shape index (κ3) is 3.04. The highest BCUT2D eigenvalue weighted by Crippen LogP contribution is 2.19. The number of furan rings is 1. The second-order valence-electron chi connectivity index (χ2n) is 5.19. The molecule has 6 heteroatoms. The van der Waals surface area contributed by atoms with Crippen molar-refractivity contribution in [2.45, 2.75) is 26.4 Å². The van der Waals surface area contributed by atoms with Gasteiger partial charge in [-0.25, -0.2) is 4.98 Å². The van der Waals surface area contributed by atoms with Gasteiger partial charge in [0.15, 0.2) is 0 Å². The van der Waals surface area contributed by atoms with Crippen molar-refractivity contribution in [1.29, 1.82) is 0 Å². The van der Waals surface area contributed by atoms with Gasteiger partial charge in [0.1, 0.15) is 18.2 Å². The van der Waals surface area contributed by atoms with Crippen molar-refractivity contribution in [2.75, 3.05) is 13.1 Å². The maximum atomic E-state index is 12.2. The average molecular weight is 287 g/mol. The van der Waals surface area contributed by atoms with Crippen LogP contribution < -0.4 is 4.74 Å². The fourth-order valence-corrected chi connectivity index (χ4v) is 2.49. The third-order valence-corrected chi connectivity index (χ3v) is 3.43. The lowest BCUT2D eigenvalue weighted by Gasteiger charge is -2.16. The van der Waals surface area contributed by atoms with Crippen molar-refractivity contribution in [3.8, 4) is 5.88 Å². The van der Waals surface area contributed by atoms with Crippen LogP contribution in [0.15, 0.2) is 29.1 Å². The topological polar surface area (TPSA) is 68.5 Å². The zero-order valence-electron chi connectivity index (χ0n) is 12.1. The van der Waals surface area contributed by atoms with Crippen LogP contribution in [0.5, 0.6) is 5.88 Å². The van der Waals surface area contributed by atoms with Crippen LogP contribution in [0.3, 0.4) is 0 Å². The molecule has 0 spiro atoms. The van der Waals surface area contributed by atoms with Crippen molar-refractivity contribution in [2.24, 2.45) is 0 Å². The van der Waals surface area contributed by atoms with Gasteiger partial charge in [0.05, 0.1) is 18.4 Å². The summed E-state index contributed by atoms with van der Waals surface area (Å²) in [5.41, 5.74) is 1.45. The number of hydrogen-bond acceptors (Lipinski definition) is 5. The van der Waals surface area contributed by atoms with Gasteiger partial charge in [0.2, 0.25) is 5.88 Å². The van der Waals surface area contributed by atoms with Gasteiger partial charge in [0.25, 0.3) is 5.91 Å². The number of aryl methyl sites for hydroxylation is 2. The van der Waals surface area contributed by atoms with Crippen molar-refractivity contribution in [3.63, 3.8) is 0 Å². The molecule has 6 nitrogen and oxygen atoms in total. The molecule has 0 radical (unpaired) electrons. The molecule has 1 aliphatic rings. The standard InChI is InChI=1S/C15H17N3O3/c1-10-7-14(17-11(2)16-10)21-13-3-5-18(8-13)15(19)12-4-6-20-9-12/h4,6-7,9,13H,3,5,8H2,1-2H3. The van der Waals surface area contributed by atoms with E-state index in [-0.39, 0.29) is 12.0 Å². The molecule has 1 saturated heterocycles. The molecule has 3 heterocycles. The smallest absolute Gasteiger partial charge is 0.257 e. The molecule has 21 heavy (non-hydrogen) atoms. The average Bonchev–Trinajstić information content (AvgIpc) is 3.07. The van der Waals surface area contributed by atoms with Crippen LogP contribution in [0.1, 0.15) is 28.3 Å². The summed E-state index contributed by atoms with van der Waals surface area (Å²) in [6.07, 6.45) is 3.73. The van der Waals surface area contributed by atoms with Crippen molar-refractivity contribution in [3.05, 3.63) is 41.7 Å². The number of nitrogens with zero attached hydrogens (tertiary/aromatic N) is 3. The molecule has 1 amide bonds. The van der Waals surface area contributed by atoms with E-state index in [2.05, 4.69) is 9.97 Å². The number of carbonyl (C=O) groups is 1. The Morgan fingerprint density at radius 1 is 1.43 bits per heavy atom. The summed E-state index contributed by atoms with van der Waals surface area (Å²) in [7, 11) is 0. The lowest BCUT2D eigenvalue weighted by atomic mass is 10.3. The maximum absolute atomic E-state index is 12.2.